The molecule has 0 saturated heterocycles. The number of benzene rings is 1. The Bertz CT molecular complexity index is 930. The van der Waals surface area contributed by atoms with Gasteiger partial charge >= 0.3 is 0 Å². The van der Waals surface area contributed by atoms with Crippen molar-refractivity contribution in [3.8, 4) is 0 Å². The van der Waals surface area contributed by atoms with Crippen molar-refractivity contribution in [1.29, 1.82) is 0 Å². The molecular formula is C16H14N6O4. The van der Waals surface area contributed by atoms with Crippen LogP contribution in [0.3, 0.4) is 0 Å². The number of rotatable bonds is 5. The van der Waals surface area contributed by atoms with Crippen LogP contribution >= 0.6 is 0 Å². The number of hydrogen-bond acceptors (Lipinski definition) is 6. The molecule has 2 aromatic heterocycles. The number of nitrogens with one attached hydrogen (secondary N) is 4. The van der Waals surface area contributed by atoms with E-state index in [1.807, 2.05) is 0 Å². The minimum atomic E-state index is -0.514. The molecule has 2 heterocycles. The van der Waals surface area contributed by atoms with Gasteiger partial charge in [0.1, 0.15) is 5.69 Å². The van der Waals surface area contributed by atoms with Crippen LogP contribution in [-0.2, 0) is 0 Å². The van der Waals surface area contributed by atoms with Crippen LogP contribution in [0.2, 0.25) is 0 Å². The minimum absolute atomic E-state index is 0.000871. The van der Waals surface area contributed by atoms with Gasteiger partial charge in [0.05, 0.1) is 12.5 Å². The number of carbonyl (C=O) groups is 3. The van der Waals surface area contributed by atoms with E-state index in [0.717, 1.165) is 0 Å². The van der Waals surface area contributed by atoms with Crippen LogP contribution in [-0.4, -0.2) is 39.9 Å². The van der Waals surface area contributed by atoms with Gasteiger partial charge in [0.15, 0.2) is 5.69 Å². The third-order valence-electron chi connectivity index (χ3n) is 3.37. The lowest BCUT2D eigenvalue weighted by atomic mass is 10.2. The first-order valence-corrected chi connectivity index (χ1v) is 7.47. The molecular weight excluding hydrogens is 340 g/mol. The lowest BCUT2D eigenvalue weighted by Crippen LogP contribution is -2.23. The summed E-state index contributed by atoms with van der Waals surface area (Å²) < 4.78 is 4.76. The molecule has 3 rings (SSSR count). The van der Waals surface area contributed by atoms with Crippen molar-refractivity contribution in [2.75, 3.05) is 17.7 Å². The first-order chi connectivity index (χ1) is 12.6. The fourth-order valence-electron chi connectivity index (χ4n) is 2.11. The second kappa shape index (κ2) is 7.30. The zero-order chi connectivity index (χ0) is 18.5. The van der Waals surface area contributed by atoms with E-state index in [1.54, 1.807) is 24.3 Å². The van der Waals surface area contributed by atoms with Crippen molar-refractivity contribution in [1.82, 2.24) is 20.4 Å². The zero-order valence-electron chi connectivity index (χ0n) is 13.6. The molecule has 0 fully saturated rings. The van der Waals surface area contributed by atoms with E-state index in [0.29, 0.717) is 11.4 Å². The summed E-state index contributed by atoms with van der Waals surface area (Å²) in [6.45, 7) is 0. The van der Waals surface area contributed by atoms with E-state index < -0.39 is 17.7 Å². The SMILES string of the molecule is CNC(=O)c1nc[nH]c1C(=O)Nc1ccc(NC(=O)c2ccno2)cc1. The Balaban J connectivity index is 1.66. The highest BCUT2D eigenvalue weighted by Crippen LogP contribution is 2.16. The Hall–Kier alpha value is -3.95. The lowest BCUT2D eigenvalue weighted by molar-refractivity contribution is 0.0943. The Morgan fingerprint density at radius 1 is 0.962 bits per heavy atom. The average molecular weight is 354 g/mol. The summed E-state index contributed by atoms with van der Waals surface area (Å²) in [7, 11) is 1.45. The minimum Gasteiger partial charge on any atom is -0.354 e. The van der Waals surface area contributed by atoms with Crippen LogP contribution in [0.4, 0.5) is 11.4 Å². The second-order valence-electron chi connectivity index (χ2n) is 5.07. The summed E-state index contributed by atoms with van der Waals surface area (Å²) in [4.78, 5) is 42.3. The zero-order valence-corrected chi connectivity index (χ0v) is 13.6. The van der Waals surface area contributed by atoms with Gasteiger partial charge in [0.2, 0.25) is 5.76 Å². The summed E-state index contributed by atoms with van der Waals surface area (Å²) in [5.74, 6) is -1.34. The highest BCUT2D eigenvalue weighted by Gasteiger charge is 2.19. The molecule has 1 aromatic carbocycles. The third-order valence-corrected chi connectivity index (χ3v) is 3.37. The van der Waals surface area contributed by atoms with Gasteiger partial charge in [0.25, 0.3) is 17.7 Å². The number of H-pyrrole nitrogens is 1. The lowest BCUT2D eigenvalue weighted by Gasteiger charge is -2.07. The number of aromatic nitrogens is 3. The van der Waals surface area contributed by atoms with Crippen molar-refractivity contribution in [2.24, 2.45) is 0 Å². The van der Waals surface area contributed by atoms with E-state index in [1.165, 1.54) is 25.6 Å². The fourth-order valence-corrected chi connectivity index (χ4v) is 2.11. The van der Waals surface area contributed by atoms with E-state index in [9.17, 15) is 14.4 Å². The second-order valence-corrected chi connectivity index (χ2v) is 5.07. The quantitative estimate of drug-likeness (QED) is 0.543. The molecule has 3 aromatic rings. The van der Waals surface area contributed by atoms with Crippen LogP contribution in [0.15, 0.2) is 47.4 Å². The molecule has 0 saturated carbocycles. The van der Waals surface area contributed by atoms with Crippen molar-refractivity contribution in [2.45, 2.75) is 0 Å². The van der Waals surface area contributed by atoms with Crippen LogP contribution in [0, 0.1) is 0 Å². The smallest absolute Gasteiger partial charge is 0.294 e. The Morgan fingerprint density at radius 2 is 1.62 bits per heavy atom. The molecule has 0 aliphatic carbocycles. The molecule has 10 heteroatoms. The number of imidazole rings is 1. The molecule has 0 atom stereocenters. The largest absolute Gasteiger partial charge is 0.354 e. The highest BCUT2D eigenvalue weighted by atomic mass is 16.5. The first-order valence-electron chi connectivity index (χ1n) is 7.47. The topological polar surface area (TPSA) is 142 Å². The molecule has 0 bridgehead atoms. The normalized spacial score (nSPS) is 10.2. The van der Waals surface area contributed by atoms with Gasteiger partial charge < -0.3 is 25.5 Å². The van der Waals surface area contributed by atoms with Crippen LogP contribution in [0.5, 0.6) is 0 Å². The Kier molecular flexibility index (Phi) is 4.74. The number of nitrogens with zero attached hydrogens (tertiary/aromatic N) is 2. The van der Waals surface area contributed by atoms with E-state index >= 15 is 0 Å². The van der Waals surface area contributed by atoms with Crippen molar-refractivity contribution in [3.05, 3.63) is 60.0 Å². The molecule has 26 heavy (non-hydrogen) atoms. The van der Waals surface area contributed by atoms with Gasteiger partial charge in [-0.05, 0) is 24.3 Å². The molecule has 0 aliphatic heterocycles. The molecule has 0 aliphatic rings. The average Bonchev–Trinajstić information content (AvgIpc) is 3.34. The summed E-state index contributed by atoms with van der Waals surface area (Å²) in [5, 5.41) is 11.1. The maximum absolute atomic E-state index is 12.3. The fraction of sp³-hybridized carbons (Fsp3) is 0.0625. The maximum Gasteiger partial charge on any atom is 0.294 e. The van der Waals surface area contributed by atoms with Crippen LogP contribution in [0.1, 0.15) is 31.5 Å². The predicted molar refractivity (Wildman–Crippen MR) is 90.8 cm³/mol. The summed E-state index contributed by atoms with van der Waals surface area (Å²) in [5.41, 5.74) is 1.04. The molecule has 3 amide bonds. The monoisotopic (exact) mass is 354 g/mol. The number of hydrogen-bond donors (Lipinski definition) is 4. The van der Waals surface area contributed by atoms with Crippen LogP contribution in [0.25, 0.3) is 0 Å². The van der Waals surface area contributed by atoms with Gasteiger partial charge in [-0.3, -0.25) is 14.4 Å². The molecule has 0 radical (unpaired) electrons. The van der Waals surface area contributed by atoms with Crippen molar-refractivity contribution in [3.63, 3.8) is 0 Å². The van der Waals surface area contributed by atoms with Gasteiger partial charge in [-0.2, -0.15) is 0 Å². The van der Waals surface area contributed by atoms with E-state index in [-0.39, 0.29) is 17.1 Å². The van der Waals surface area contributed by atoms with E-state index in [2.05, 4.69) is 31.1 Å². The molecule has 10 nitrogen and oxygen atoms in total. The number of amides is 3. The van der Waals surface area contributed by atoms with Gasteiger partial charge in [-0.15, -0.1) is 0 Å². The maximum atomic E-state index is 12.3. The summed E-state index contributed by atoms with van der Waals surface area (Å²) in [6, 6.07) is 7.86. The molecule has 4 N–H and O–H groups in total. The van der Waals surface area contributed by atoms with Crippen molar-refractivity contribution >= 4 is 29.1 Å². The standard InChI is InChI=1S/C16H14N6O4/c1-17-15(24)12-13(19-8-18-12)16(25)22-10-4-2-9(3-5-10)21-14(23)11-6-7-20-26-11/h2-8H,1H3,(H,17,24)(H,18,19)(H,21,23)(H,22,25). The first kappa shape index (κ1) is 16.9. The Labute approximate surface area is 147 Å². The van der Waals surface area contributed by atoms with Crippen LogP contribution < -0.4 is 16.0 Å². The summed E-state index contributed by atoms with van der Waals surface area (Å²) >= 11 is 0. The third kappa shape index (κ3) is 3.59. The highest BCUT2D eigenvalue weighted by molar-refractivity contribution is 6.10. The number of anilines is 2. The number of aromatic amines is 1. The van der Waals surface area contributed by atoms with Crippen molar-refractivity contribution < 1.29 is 18.9 Å². The van der Waals surface area contributed by atoms with Gasteiger partial charge in [-0.25, -0.2) is 4.98 Å². The summed E-state index contributed by atoms with van der Waals surface area (Å²) in [6.07, 6.45) is 2.64. The van der Waals surface area contributed by atoms with E-state index in [4.69, 9.17) is 4.52 Å². The number of carbonyl (C=O) groups excluding carboxylic acids is 3. The molecule has 0 unspecified atom stereocenters. The predicted octanol–water partition coefficient (Wildman–Crippen LogP) is 1.26. The Morgan fingerprint density at radius 3 is 2.19 bits per heavy atom. The molecule has 0 spiro atoms. The molecule has 132 valence electrons. The van der Waals surface area contributed by atoms with Gasteiger partial charge in [-0.1, -0.05) is 5.16 Å². The van der Waals surface area contributed by atoms with Gasteiger partial charge in [0, 0.05) is 24.5 Å².